The van der Waals surface area contributed by atoms with Crippen molar-refractivity contribution in [3.8, 4) is 17.0 Å². The van der Waals surface area contributed by atoms with Crippen LogP contribution in [0.15, 0.2) is 36.7 Å². The van der Waals surface area contributed by atoms with Gasteiger partial charge < -0.3 is 15.0 Å². The first-order chi connectivity index (χ1) is 15.4. The van der Waals surface area contributed by atoms with E-state index in [2.05, 4.69) is 32.4 Å². The summed E-state index contributed by atoms with van der Waals surface area (Å²) < 4.78 is 44.3. The van der Waals surface area contributed by atoms with E-state index >= 15 is 0 Å². The molecule has 2 aromatic heterocycles. The first-order valence-electron chi connectivity index (χ1n) is 10.2. The molecule has 0 unspecified atom stereocenters. The van der Waals surface area contributed by atoms with Gasteiger partial charge in [0.05, 0.1) is 5.56 Å². The van der Waals surface area contributed by atoms with Crippen molar-refractivity contribution in [3.05, 3.63) is 42.2 Å². The number of nitrogens with one attached hydrogen (secondary N) is 1. The minimum Gasteiger partial charge on any atom is -0.428 e. The molecule has 1 atom stereocenters. The Labute approximate surface area is 182 Å². The number of carbonyl (C=O) groups excluding carboxylic acids is 1. The van der Waals surface area contributed by atoms with Crippen LogP contribution < -0.4 is 10.1 Å². The van der Waals surface area contributed by atoms with Crippen LogP contribution in [0, 0.1) is 0 Å². The highest BCUT2D eigenvalue weighted by Crippen LogP contribution is 2.39. The summed E-state index contributed by atoms with van der Waals surface area (Å²) in [6.07, 6.45) is 1.86. The van der Waals surface area contributed by atoms with Crippen molar-refractivity contribution < 1.29 is 22.7 Å². The van der Waals surface area contributed by atoms with Crippen LogP contribution in [-0.2, 0) is 11.0 Å². The summed E-state index contributed by atoms with van der Waals surface area (Å²) in [5.41, 5.74) is -0.390. The fourth-order valence-corrected chi connectivity index (χ4v) is 3.99. The average molecular weight is 445 g/mol. The molecule has 1 N–H and O–H groups in total. The first-order valence-corrected chi connectivity index (χ1v) is 10.2. The monoisotopic (exact) mass is 445 g/mol. The van der Waals surface area contributed by atoms with Gasteiger partial charge in [0.2, 0.25) is 0 Å². The second kappa shape index (κ2) is 9.07. The number of halogens is 3. The van der Waals surface area contributed by atoms with Crippen LogP contribution in [0.5, 0.6) is 5.75 Å². The second-order valence-corrected chi connectivity index (χ2v) is 7.84. The highest BCUT2D eigenvalue weighted by Gasteiger charge is 2.32. The third-order valence-corrected chi connectivity index (χ3v) is 5.54. The Bertz CT molecular complexity index is 1120. The molecule has 3 heterocycles. The van der Waals surface area contributed by atoms with Gasteiger partial charge >= 0.3 is 6.18 Å². The molecule has 7 nitrogen and oxygen atoms in total. The average Bonchev–Trinajstić information content (AvgIpc) is 2.97. The largest absolute Gasteiger partial charge is 0.428 e. The third kappa shape index (κ3) is 4.64. The number of likely N-dealkylation sites (N-methyl/N-ethyl adjacent to an activating group) is 1. The quantitative estimate of drug-likeness (QED) is 0.591. The Balaban J connectivity index is 1.77. The van der Waals surface area contributed by atoms with E-state index in [9.17, 15) is 18.0 Å². The van der Waals surface area contributed by atoms with E-state index in [-0.39, 0.29) is 23.8 Å². The van der Waals surface area contributed by atoms with Crippen molar-refractivity contribution in [2.24, 2.45) is 0 Å². The molecule has 3 aromatic rings. The van der Waals surface area contributed by atoms with E-state index in [0.29, 0.717) is 22.3 Å². The molecule has 1 aliphatic heterocycles. The van der Waals surface area contributed by atoms with Gasteiger partial charge in [-0.15, -0.1) is 10.2 Å². The standard InChI is InChI=1S/C22H22F3N5O2/c1-30-9-3-2-4-15(12-30)27-21-18-11-26-8-7-16(18)20(28-29-21)17-6-5-14(22(23,24)25)10-19(17)32-13-31/h5-8,10-11,13,15H,2-4,9,12H2,1H3,(H,27,29)/t15-/m1/s1. The van der Waals surface area contributed by atoms with Gasteiger partial charge in [0.25, 0.3) is 6.47 Å². The number of alkyl halides is 3. The molecule has 1 aliphatic rings. The summed E-state index contributed by atoms with van der Waals surface area (Å²) >= 11 is 0. The van der Waals surface area contributed by atoms with Gasteiger partial charge in [-0.1, -0.05) is 6.42 Å². The number of anilines is 1. The predicted molar refractivity (Wildman–Crippen MR) is 113 cm³/mol. The number of nitrogens with zero attached hydrogens (tertiary/aromatic N) is 4. The molecule has 1 saturated heterocycles. The van der Waals surface area contributed by atoms with Crippen molar-refractivity contribution >= 4 is 23.1 Å². The van der Waals surface area contributed by atoms with Crippen LogP contribution >= 0.6 is 0 Å². The molecule has 0 spiro atoms. The van der Waals surface area contributed by atoms with Crippen LogP contribution in [-0.4, -0.2) is 52.7 Å². The number of fused-ring (bicyclic) bond motifs is 1. The molecule has 32 heavy (non-hydrogen) atoms. The van der Waals surface area contributed by atoms with E-state index in [4.69, 9.17) is 4.74 Å². The van der Waals surface area contributed by atoms with Gasteiger partial charge in [0, 0.05) is 41.3 Å². The fourth-order valence-electron chi connectivity index (χ4n) is 3.99. The molecule has 0 saturated carbocycles. The number of carbonyl (C=O) groups is 1. The lowest BCUT2D eigenvalue weighted by atomic mass is 10.0. The lowest BCUT2D eigenvalue weighted by molar-refractivity contribution is -0.138. The van der Waals surface area contributed by atoms with Crippen LogP contribution in [0.2, 0.25) is 0 Å². The zero-order valence-electron chi connectivity index (χ0n) is 17.4. The summed E-state index contributed by atoms with van der Waals surface area (Å²) in [6.45, 7) is 1.99. The van der Waals surface area contributed by atoms with Crippen LogP contribution in [0.1, 0.15) is 24.8 Å². The third-order valence-electron chi connectivity index (χ3n) is 5.54. The van der Waals surface area contributed by atoms with Crippen molar-refractivity contribution in [3.63, 3.8) is 0 Å². The molecular weight excluding hydrogens is 423 g/mol. The smallest absolute Gasteiger partial charge is 0.416 e. The van der Waals surface area contributed by atoms with E-state index in [1.165, 1.54) is 6.07 Å². The number of likely N-dealkylation sites (tertiary alicyclic amines) is 1. The number of aromatic nitrogens is 3. The lowest BCUT2D eigenvalue weighted by Crippen LogP contribution is -2.33. The van der Waals surface area contributed by atoms with Gasteiger partial charge in [0.15, 0.2) is 5.82 Å². The Kier molecular flexibility index (Phi) is 6.22. The molecule has 0 bridgehead atoms. The molecule has 1 aromatic carbocycles. The summed E-state index contributed by atoms with van der Waals surface area (Å²) in [5.74, 6) is 0.315. The Morgan fingerprint density at radius 2 is 2.03 bits per heavy atom. The molecule has 0 aliphatic carbocycles. The van der Waals surface area contributed by atoms with Gasteiger partial charge in [0.1, 0.15) is 11.4 Å². The molecular formula is C22H22F3N5O2. The summed E-state index contributed by atoms with van der Waals surface area (Å²) in [7, 11) is 2.08. The molecule has 0 amide bonds. The van der Waals surface area contributed by atoms with E-state index in [1.54, 1.807) is 18.5 Å². The topological polar surface area (TPSA) is 80.2 Å². The van der Waals surface area contributed by atoms with Gasteiger partial charge in [-0.25, -0.2) is 0 Å². The molecule has 168 valence electrons. The molecule has 0 radical (unpaired) electrons. The zero-order valence-corrected chi connectivity index (χ0v) is 17.4. The molecule has 4 rings (SSSR count). The number of hydrogen-bond donors (Lipinski definition) is 1. The summed E-state index contributed by atoms with van der Waals surface area (Å²) in [4.78, 5) is 17.4. The maximum absolute atomic E-state index is 13.1. The van der Waals surface area contributed by atoms with E-state index < -0.39 is 11.7 Å². The van der Waals surface area contributed by atoms with Gasteiger partial charge in [-0.2, -0.15) is 13.2 Å². The Morgan fingerprint density at radius 3 is 2.81 bits per heavy atom. The van der Waals surface area contributed by atoms with E-state index in [0.717, 1.165) is 44.5 Å². The molecule has 10 heteroatoms. The van der Waals surface area contributed by atoms with Crippen LogP contribution in [0.25, 0.3) is 22.0 Å². The highest BCUT2D eigenvalue weighted by atomic mass is 19.4. The van der Waals surface area contributed by atoms with Gasteiger partial charge in [-0.3, -0.25) is 9.78 Å². The molecule has 1 fully saturated rings. The van der Waals surface area contributed by atoms with Crippen molar-refractivity contribution in [1.29, 1.82) is 0 Å². The lowest BCUT2D eigenvalue weighted by Gasteiger charge is -2.22. The van der Waals surface area contributed by atoms with E-state index in [1.807, 2.05) is 0 Å². The summed E-state index contributed by atoms with van der Waals surface area (Å²) in [5, 5.41) is 13.4. The minimum absolute atomic E-state index is 0.0919. The number of ether oxygens (including phenoxy) is 1. The minimum atomic E-state index is -4.57. The van der Waals surface area contributed by atoms with Crippen molar-refractivity contribution in [2.45, 2.75) is 31.5 Å². The number of hydrogen-bond acceptors (Lipinski definition) is 7. The highest BCUT2D eigenvalue weighted by molar-refractivity contribution is 6.00. The predicted octanol–water partition coefficient (Wildman–Crippen LogP) is 4.14. The number of benzene rings is 1. The maximum atomic E-state index is 13.1. The Hall–Kier alpha value is -3.27. The van der Waals surface area contributed by atoms with Crippen molar-refractivity contribution in [1.82, 2.24) is 20.1 Å². The summed E-state index contributed by atoms with van der Waals surface area (Å²) in [6, 6.07) is 4.85. The SMILES string of the molecule is CN1CCCC[C@@H](Nc2nnc(-c3ccc(C(F)(F)F)cc3OC=O)c3ccncc23)C1. The fraction of sp³-hybridized carbons (Fsp3) is 0.364. The zero-order chi connectivity index (χ0) is 22.7. The maximum Gasteiger partial charge on any atom is 0.416 e. The second-order valence-electron chi connectivity index (χ2n) is 7.84. The Morgan fingerprint density at radius 1 is 1.19 bits per heavy atom. The van der Waals surface area contributed by atoms with Crippen LogP contribution in [0.4, 0.5) is 19.0 Å². The van der Waals surface area contributed by atoms with Crippen molar-refractivity contribution in [2.75, 3.05) is 25.5 Å². The van der Waals surface area contributed by atoms with Crippen LogP contribution in [0.3, 0.4) is 0 Å². The first kappa shape index (κ1) is 21.9. The number of pyridine rings is 1. The number of rotatable bonds is 5. The van der Waals surface area contributed by atoms with Gasteiger partial charge in [-0.05, 0) is 50.7 Å². The normalized spacial score (nSPS) is 17.7.